The van der Waals surface area contributed by atoms with Crippen LogP contribution in [-0.4, -0.2) is 24.5 Å². The van der Waals surface area contributed by atoms with E-state index in [1.807, 2.05) is 35.7 Å². The molecule has 5 heterocycles. The Kier molecular flexibility index (Phi) is 5.64. The van der Waals surface area contributed by atoms with E-state index < -0.39 is 0 Å². The van der Waals surface area contributed by atoms with Gasteiger partial charge >= 0.3 is 0 Å². The third-order valence-corrected chi connectivity index (χ3v) is 11.9. The van der Waals surface area contributed by atoms with Crippen molar-refractivity contribution in [2.45, 2.75) is 0 Å². The molecule has 0 aliphatic heterocycles. The number of nitrogens with zero attached hydrogens (tertiary/aromatic N) is 5. The molecule has 0 aliphatic rings. The predicted molar refractivity (Wildman–Crippen MR) is 206 cm³/mol. The van der Waals surface area contributed by atoms with Crippen LogP contribution in [0.5, 0.6) is 0 Å². The van der Waals surface area contributed by atoms with Crippen LogP contribution in [0.4, 0.5) is 0 Å². The van der Waals surface area contributed by atoms with Crippen molar-refractivity contribution in [2.24, 2.45) is 0 Å². The third-order valence-electron chi connectivity index (χ3n) is 9.57. The van der Waals surface area contributed by atoms with Crippen molar-refractivity contribution >= 4 is 95.9 Å². The largest absolute Gasteiger partial charge is 0.309 e. The maximum atomic E-state index is 5.13. The normalized spacial score (nSPS) is 12.1. The van der Waals surface area contributed by atoms with Gasteiger partial charge in [-0.2, -0.15) is 0 Å². The maximum absolute atomic E-state index is 5.13. The van der Waals surface area contributed by atoms with Gasteiger partial charge in [0, 0.05) is 74.8 Å². The van der Waals surface area contributed by atoms with E-state index in [0.717, 1.165) is 43.6 Å². The standard InChI is InChI=1S/C42H23N5S2/c1-2-10-24(11-3-1)37-27-12-4-7-15-31(27)45-41(46-37)25-18-20-26(21-19-25)47-32-16-8-5-13-28(32)34-38(47)35-30-22-43-23-44-42(30)49-40(35)36-29-14-6-9-17-33(29)48-39(34)36/h1-23H. The number of rotatable bonds is 3. The first-order valence-corrected chi connectivity index (χ1v) is 17.8. The van der Waals surface area contributed by atoms with Gasteiger partial charge in [0.1, 0.15) is 11.2 Å². The lowest BCUT2D eigenvalue weighted by Crippen LogP contribution is -1.97. The molecule has 0 unspecified atom stereocenters. The van der Waals surface area contributed by atoms with E-state index in [2.05, 4.69) is 119 Å². The van der Waals surface area contributed by atoms with Gasteiger partial charge in [0.25, 0.3) is 0 Å². The first-order chi connectivity index (χ1) is 24.3. The number of hydrogen-bond acceptors (Lipinski definition) is 6. The minimum Gasteiger partial charge on any atom is -0.309 e. The first kappa shape index (κ1) is 27.0. The van der Waals surface area contributed by atoms with E-state index in [9.17, 15) is 0 Å². The van der Waals surface area contributed by atoms with Crippen LogP contribution in [0.25, 0.3) is 102 Å². The molecule has 7 heteroatoms. The Hall–Kier alpha value is -6.02. The quantitative estimate of drug-likeness (QED) is 0.189. The van der Waals surface area contributed by atoms with E-state index >= 15 is 0 Å². The average Bonchev–Trinajstić information content (AvgIpc) is 3.84. The fraction of sp³-hybridized carbons (Fsp3) is 0. The molecule has 0 spiro atoms. The van der Waals surface area contributed by atoms with Crippen LogP contribution in [0.15, 0.2) is 140 Å². The SMILES string of the molecule is c1ccc(-c2nc(-c3ccc(-n4c5ccccc5c5c6sc7ccccc7c6c6sc7ncncc7c6c54)cc3)nc3ccccc23)cc1. The lowest BCUT2D eigenvalue weighted by molar-refractivity contribution is 1.18. The summed E-state index contributed by atoms with van der Waals surface area (Å²) in [5.74, 6) is 0.710. The molecule has 0 amide bonds. The van der Waals surface area contributed by atoms with Crippen molar-refractivity contribution < 1.29 is 0 Å². The topological polar surface area (TPSA) is 56.5 Å². The lowest BCUT2D eigenvalue weighted by Gasteiger charge is -2.12. The van der Waals surface area contributed by atoms with E-state index in [-0.39, 0.29) is 0 Å². The van der Waals surface area contributed by atoms with E-state index in [1.54, 1.807) is 17.7 Å². The Labute approximate surface area is 287 Å². The summed E-state index contributed by atoms with van der Waals surface area (Å²) in [6.45, 7) is 0. The predicted octanol–water partition coefficient (Wildman–Crippen LogP) is 11.6. The van der Waals surface area contributed by atoms with Crippen molar-refractivity contribution in [2.75, 3.05) is 0 Å². The van der Waals surface area contributed by atoms with E-state index in [1.165, 1.54) is 52.1 Å². The molecule has 0 bridgehead atoms. The van der Waals surface area contributed by atoms with Crippen molar-refractivity contribution in [3.63, 3.8) is 0 Å². The molecule has 11 rings (SSSR count). The molecule has 0 atom stereocenters. The van der Waals surface area contributed by atoms with Crippen LogP contribution < -0.4 is 0 Å². The van der Waals surface area contributed by atoms with Crippen LogP contribution in [0.3, 0.4) is 0 Å². The molecule has 0 aliphatic carbocycles. The van der Waals surface area contributed by atoms with Crippen LogP contribution in [-0.2, 0) is 0 Å². The molecular formula is C42H23N5S2. The third kappa shape index (κ3) is 3.85. The number of hydrogen-bond donors (Lipinski definition) is 0. The van der Waals surface area contributed by atoms with E-state index in [4.69, 9.17) is 15.0 Å². The summed E-state index contributed by atoms with van der Waals surface area (Å²) in [5.41, 5.74) is 7.36. The highest BCUT2D eigenvalue weighted by atomic mass is 32.1. The van der Waals surface area contributed by atoms with Gasteiger partial charge in [-0.25, -0.2) is 19.9 Å². The van der Waals surface area contributed by atoms with Crippen molar-refractivity contribution in [1.29, 1.82) is 0 Å². The van der Waals surface area contributed by atoms with Crippen molar-refractivity contribution in [1.82, 2.24) is 24.5 Å². The second-order valence-electron chi connectivity index (χ2n) is 12.3. The van der Waals surface area contributed by atoms with Gasteiger partial charge in [-0.1, -0.05) is 84.9 Å². The monoisotopic (exact) mass is 661 g/mol. The van der Waals surface area contributed by atoms with Gasteiger partial charge in [-0.3, -0.25) is 0 Å². The van der Waals surface area contributed by atoms with Crippen LogP contribution in [0.1, 0.15) is 0 Å². The summed E-state index contributed by atoms with van der Waals surface area (Å²) in [6, 6.07) is 44.9. The zero-order valence-electron chi connectivity index (χ0n) is 25.8. The molecule has 0 N–H and O–H groups in total. The highest BCUT2D eigenvalue weighted by Crippen LogP contribution is 2.51. The highest BCUT2D eigenvalue weighted by molar-refractivity contribution is 7.30. The Morgan fingerprint density at radius 1 is 0.531 bits per heavy atom. The highest BCUT2D eigenvalue weighted by Gasteiger charge is 2.24. The minimum atomic E-state index is 0.710. The molecule has 5 nitrogen and oxygen atoms in total. The smallest absolute Gasteiger partial charge is 0.160 e. The van der Waals surface area contributed by atoms with Gasteiger partial charge < -0.3 is 4.57 Å². The van der Waals surface area contributed by atoms with E-state index in [0.29, 0.717) is 5.82 Å². The van der Waals surface area contributed by atoms with Crippen molar-refractivity contribution in [3.8, 4) is 28.3 Å². The zero-order valence-corrected chi connectivity index (χ0v) is 27.5. The number of aromatic nitrogens is 5. The van der Waals surface area contributed by atoms with Crippen LogP contribution in [0.2, 0.25) is 0 Å². The molecule has 6 aromatic carbocycles. The van der Waals surface area contributed by atoms with Gasteiger partial charge in [0.05, 0.1) is 22.2 Å². The minimum absolute atomic E-state index is 0.710. The molecule has 0 saturated heterocycles. The van der Waals surface area contributed by atoms with Gasteiger partial charge in [-0.15, -0.1) is 22.7 Å². The molecule has 0 radical (unpaired) electrons. The average molecular weight is 662 g/mol. The van der Waals surface area contributed by atoms with Crippen molar-refractivity contribution in [3.05, 3.63) is 140 Å². The second-order valence-corrected chi connectivity index (χ2v) is 14.3. The molecule has 49 heavy (non-hydrogen) atoms. The van der Waals surface area contributed by atoms with Gasteiger partial charge in [0.2, 0.25) is 0 Å². The Morgan fingerprint density at radius 3 is 2.12 bits per heavy atom. The summed E-state index contributed by atoms with van der Waals surface area (Å²) in [5, 5.41) is 8.45. The number of thiophene rings is 2. The summed E-state index contributed by atoms with van der Waals surface area (Å²) >= 11 is 3.65. The lowest BCUT2D eigenvalue weighted by atomic mass is 10.0. The molecule has 228 valence electrons. The Balaban J connectivity index is 1.20. The maximum Gasteiger partial charge on any atom is 0.160 e. The summed E-state index contributed by atoms with van der Waals surface area (Å²) in [4.78, 5) is 20.4. The molecule has 0 saturated carbocycles. The Morgan fingerprint density at radius 2 is 1.24 bits per heavy atom. The second kappa shape index (κ2) is 10.2. The Bertz CT molecular complexity index is 3070. The number of benzene rings is 6. The summed E-state index contributed by atoms with van der Waals surface area (Å²) < 4.78 is 6.29. The molecule has 5 aromatic heterocycles. The summed E-state index contributed by atoms with van der Waals surface area (Å²) in [6.07, 6.45) is 3.64. The fourth-order valence-corrected chi connectivity index (χ4v) is 9.97. The number of fused-ring (bicyclic) bond motifs is 13. The van der Waals surface area contributed by atoms with Crippen LogP contribution >= 0.6 is 22.7 Å². The molecule has 0 fully saturated rings. The first-order valence-electron chi connectivity index (χ1n) is 16.1. The zero-order chi connectivity index (χ0) is 32.1. The molecule has 11 aromatic rings. The van der Waals surface area contributed by atoms with Crippen LogP contribution in [0, 0.1) is 0 Å². The van der Waals surface area contributed by atoms with Gasteiger partial charge in [0.15, 0.2) is 5.82 Å². The molecular weight excluding hydrogens is 639 g/mol. The fourth-order valence-electron chi connectivity index (χ4n) is 7.46. The van der Waals surface area contributed by atoms with Gasteiger partial charge in [-0.05, 0) is 42.5 Å². The summed E-state index contributed by atoms with van der Waals surface area (Å²) in [7, 11) is 0. The number of para-hydroxylation sites is 2.